The number of hydrogen-bond donors (Lipinski definition) is 0. The van der Waals surface area contributed by atoms with Crippen LogP contribution in [-0.4, -0.2) is 9.13 Å². The highest BCUT2D eigenvalue weighted by atomic mass is 15.0. The van der Waals surface area contributed by atoms with Gasteiger partial charge in [-0.05, 0) is 106 Å². The van der Waals surface area contributed by atoms with Crippen molar-refractivity contribution in [2.75, 3.05) is 0 Å². The highest BCUT2D eigenvalue weighted by Gasteiger charge is 2.48. The van der Waals surface area contributed by atoms with Gasteiger partial charge in [-0.1, -0.05) is 132 Å². The third-order valence-corrected chi connectivity index (χ3v) is 15.0. The lowest BCUT2D eigenvalue weighted by Crippen LogP contribution is -2.27. The molecule has 4 nitrogen and oxygen atoms in total. The van der Waals surface area contributed by atoms with Crippen LogP contribution in [-0.2, 0) is 10.8 Å². The molecule has 0 aliphatic heterocycles. The summed E-state index contributed by atoms with van der Waals surface area (Å²) in [5, 5.41) is 15.5. The van der Waals surface area contributed by atoms with Crippen LogP contribution in [0.1, 0.15) is 87.1 Å². The Kier molecular flexibility index (Phi) is 7.21. The number of nitrogens with zero attached hydrogens (tertiary/aromatic N) is 4. The fourth-order valence-electron chi connectivity index (χ4n) is 12.4. The quantitative estimate of drug-likeness (QED) is 0.165. The third-order valence-electron chi connectivity index (χ3n) is 15.0. The van der Waals surface area contributed by atoms with Crippen molar-refractivity contribution in [1.29, 1.82) is 5.26 Å². The molecule has 3 aliphatic rings. The van der Waals surface area contributed by atoms with Crippen molar-refractivity contribution in [3.05, 3.63) is 173 Å². The summed E-state index contributed by atoms with van der Waals surface area (Å²) in [4.78, 5) is 4.00. The van der Waals surface area contributed by atoms with Crippen molar-refractivity contribution >= 4 is 49.3 Å². The van der Waals surface area contributed by atoms with Gasteiger partial charge in [0.05, 0.1) is 46.0 Å². The van der Waals surface area contributed by atoms with Crippen LogP contribution >= 0.6 is 0 Å². The van der Waals surface area contributed by atoms with E-state index in [-0.39, 0.29) is 10.8 Å². The van der Waals surface area contributed by atoms with Gasteiger partial charge < -0.3 is 9.13 Å². The summed E-state index contributed by atoms with van der Waals surface area (Å²) in [5.74, 6) is 1.18. The van der Waals surface area contributed by atoms with Crippen LogP contribution in [0.15, 0.2) is 133 Å². The van der Waals surface area contributed by atoms with Crippen LogP contribution in [0.4, 0.5) is 5.69 Å². The van der Waals surface area contributed by atoms with Crippen LogP contribution < -0.4 is 0 Å². The second kappa shape index (κ2) is 12.3. The first-order chi connectivity index (χ1) is 29.2. The smallest absolute Gasteiger partial charge is 0.189 e. The lowest BCUT2D eigenvalue weighted by molar-refractivity contribution is 0.233. The minimum absolute atomic E-state index is 0.116. The van der Waals surface area contributed by atoms with Crippen LogP contribution in [0.3, 0.4) is 0 Å². The van der Waals surface area contributed by atoms with E-state index in [0.717, 1.165) is 39.1 Å². The molecule has 2 unspecified atom stereocenters. The maximum absolute atomic E-state index is 10.5. The number of para-hydroxylation sites is 2. The molecule has 7 aromatic carbocycles. The van der Waals surface area contributed by atoms with E-state index in [4.69, 9.17) is 6.57 Å². The Morgan fingerprint density at radius 2 is 1.22 bits per heavy atom. The van der Waals surface area contributed by atoms with E-state index in [1.807, 2.05) is 12.1 Å². The predicted molar refractivity (Wildman–Crippen MR) is 247 cm³/mol. The Balaban J connectivity index is 1.17. The monoisotopic (exact) mass is 772 g/mol. The average Bonchev–Trinajstić information content (AvgIpc) is 3.95. The maximum Gasteiger partial charge on any atom is 0.189 e. The minimum atomic E-state index is -0.134. The summed E-state index contributed by atoms with van der Waals surface area (Å²) in [6.45, 7) is 17.8. The van der Waals surface area contributed by atoms with Crippen molar-refractivity contribution in [3.63, 3.8) is 0 Å². The number of benzene rings is 7. The van der Waals surface area contributed by atoms with E-state index >= 15 is 0 Å². The molecule has 9 aromatic rings. The van der Waals surface area contributed by atoms with Crippen LogP contribution in [0.2, 0.25) is 0 Å². The number of hydrogen-bond acceptors (Lipinski definition) is 1. The molecule has 0 saturated heterocycles. The number of fused-ring (bicyclic) bond motifs is 14. The standard InChI is InChI=1S/C56H44N4/c1-55(2)41-18-10-6-14-37(41)51-43(55)26-28-47-53(51)39-16-8-12-20-45(39)59(47)49-30-33(32-57)22-24-35(49)36-25-23-34(58-5)31-50(36)60-46-21-13-9-17-40(46)54-48(60)29-27-44-52(54)38-15-7-11-19-42(38)56(44,3)4/h6,8-10,12-14,16-18,20-31,38,42H,7,11,15,19H2,1-4H3. The molecular formula is C56H44N4. The normalized spacial score (nSPS) is 18.3. The number of rotatable bonds is 3. The first-order valence-electron chi connectivity index (χ1n) is 21.5. The highest BCUT2D eigenvalue weighted by Crippen LogP contribution is 2.59. The molecule has 3 aliphatic carbocycles. The molecule has 0 bridgehead atoms. The molecule has 1 fully saturated rings. The van der Waals surface area contributed by atoms with Gasteiger partial charge >= 0.3 is 0 Å². The average molecular weight is 773 g/mol. The van der Waals surface area contributed by atoms with Crippen LogP contribution in [0, 0.1) is 23.8 Å². The van der Waals surface area contributed by atoms with Gasteiger partial charge in [0, 0.05) is 43.8 Å². The van der Waals surface area contributed by atoms with Crippen molar-refractivity contribution in [2.24, 2.45) is 5.92 Å². The molecule has 0 amide bonds. The first-order valence-corrected chi connectivity index (χ1v) is 21.5. The molecule has 2 aromatic heterocycles. The third kappa shape index (κ3) is 4.49. The molecular weight excluding hydrogens is 729 g/mol. The van der Waals surface area contributed by atoms with Crippen molar-refractivity contribution in [1.82, 2.24) is 9.13 Å². The van der Waals surface area contributed by atoms with Gasteiger partial charge in [0.15, 0.2) is 5.69 Å². The van der Waals surface area contributed by atoms with E-state index in [1.54, 1.807) is 5.56 Å². The summed E-state index contributed by atoms with van der Waals surface area (Å²) < 4.78 is 4.81. The molecule has 0 N–H and O–H groups in total. The Hall–Kier alpha value is -6.88. The topological polar surface area (TPSA) is 38.0 Å². The van der Waals surface area contributed by atoms with E-state index < -0.39 is 0 Å². The predicted octanol–water partition coefficient (Wildman–Crippen LogP) is 14.8. The zero-order chi connectivity index (χ0) is 40.7. The summed E-state index contributed by atoms with van der Waals surface area (Å²) in [5.41, 5.74) is 17.9. The maximum atomic E-state index is 10.5. The zero-order valence-electron chi connectivity index (χ0n) is 34.5. The van der Waals surface area contributed by atoms with Crippen molar-refractivity contribution < 1.29 is 0 Å². The minimum Gasteiger partial charge on any atom is -0.310 e. The molecule has 4 heteroatoms. The Bertz CT molecular complexity index is 3430. The molecule has 60 heavy (non-hydrogen) atoms. The van der Waals surface area contributed by atoms with Crippen molar-refractivity contribution in [3.8, 4) is 39.7 Å². The Morgan fingerprint density at radius 1 is 0.600 bits per heavy atom. The van der Waals surface area contributed by atoms with Gasteiger partial charge in [0.25, 0.3) is 0 Å². The second-order valence-electron chi connectivity index (χ2n) is 18.6. The van der Waals surface area contributed by atoms with Gasteiger partial charge in [-0.25, -0.2) is 4.85 Å². The van der Waals surface area contributed by atoms with Crippen molar-refractivity contribution in [2.45, 2.75) is 70.1 Å². The molecule has 1 saturated carbocycles. The van der Waals surface area contributed by atoms with E-state index in [9.17, 15) is 5.26 Å². The molecule has 2 atom stereocenters. The zero-order valence-corrected chi connectivity index (χ0v) is 34.5. The van der Waals surface area contributed by atoms with Gasteiger partial charge in [-0.2, -0.15) is 5.26 Å². The van der Waals surface area contributed by atoms with Gasteiger partial charge in [-0.15, -0.1) is 0 Å². The lowest BCUT2D eigenvalue weighted by atomic mass is 9.70. The summed E-state index contributed by atoms with van der Waals surface area (Å²) >= 11 is 0. The molecule has 288 valence electrons. The Labute approximate surface area is 350 Å². The fourth-order valence-corrected chi connectivity index (χ4v) is 12.4. The number of aromatic nitrogens is 2. The first kappa shape index (κ1) is 35.1. The summed E-state index contributed by atoms with van der Waals surface area (Å²) in [7, 11) is 0. The molecule has 2 heterocycles. The van der Waals surface area contributed by atoms with E-state index in [1.165, 1.54) is 80.6 Å². The van der Waals surface area contributed by atoms with Crippen LogP contribution in [0.5, 0.6) is 0 Å². The fraction of sp³-hybridized carbons (Fsp3) is 0.214. The van der Waals surface area contributed by atoms with Gasteiger partial charge in [-0.3, -0.25) is 0 Å². The molecule has 12 rings (SSSR count). The molecule has 0 radical (unpaired) electrons. The SMILES string of the molecule is [C-]#[N+]c1ccc(-c2ccc(C#N)cc2-n2c3ccccc3c3c4c(ccc32)C(C)(C)c2ccccc2-4)c(-n2c3ccccc3c3c4c(ccc32)C(C)(C)C2CCCCC42)c1. The largest absolute Gasteiger partial charge is 0.310 e. The second-order valence-corrected chi connectivity index (χ2v) is 18.6. The van der Waals surface area contributed by atoms with Crippen LogP contribution in [0.25, 0.3) is 82.1 Å². The number of nitriles is 1. The van der Waals surface area contributed by atoms with E-state index in [0.29, 0.717) is 23.1 Å². The Morgan fingerprint density at radius 3 is 1.95 bits per heavy atom. The summed E-state index contributed by atoms with van der Waals surface area (Å²) in [6.07, 6.45) is 5.10. The molecule has 0 spiro atoms. The highest BCUT2D eigenvalue weighted by molar-refractivity contribution is 6.18. The summed E-state index contributed by atoms with van der Waals surface area (Å²) in [6, 6.07) is 50.6. The lowest BCUT2D eigenvalue weighted by Gasteiger charge is -2.34. The van der Waals surface area contributed by atoms with E-state index in [2.05, 4.69) is 169 Å². The van der Waals surface area contributed by atoms with Gasteiger partial charge in [0.2, 0.25) is 0 Å². The van der Waals surface area contributed by atoms with Gasteiger partial charge in [0.1, 0.15) is 0 Å².